The Morgan fingerprint density at radius 2 is 0.484 bits per heavy atom. The van der Waals surface area contributed by atoms with Gasteiger partial charge >= 0.3 is 0 Å². The Hall–Kier alpha value is -8.06. The van der Waals surface area contributed by atoms with Gasteiger partial charge in [-0.3, -0.25) is 0 Å². The number of benzene rings is 13. The molecule has 62 heavy (non-hydrogen) atoms. The van der Waals surface area contributed by atoms with Gasteiger partial charge in [-0.25, -0.2) is 0 Å². The van der Waals surface area contributed by atoms with Gasteiger partial charge in [-0.05, 0) is 131 Å². The van der Waals surface area contributed by atoms with Crippen LogP contribution in [0.15, 0.2) is 231 Å². The van der Waals surface area contributed by atoms with Crippen LogP contribution in [0.1, 0.15) is 0 Å². The zero-order valence-corrected chi connectivity index (χ0v) is 33.9. The van der Waals surface area contributed by atoms with Crippen LogP contribution >= 0.6 is 0 Å². The van der Waals surface area contributed by atoms with Crippen molar-refractivity contribution in [2.75, 3.05) is 0 Å². The van der Waals surface area contributed by atoms with E-state index in [-0.39, 0.29) is 0 Å². The summed E-state index contributed by atoms with van der Waals surface area (Å²) in [5, 5.41) is 18.1. The van der Waals surface area contributed by atoms with Gasteiger partial charge in [0.15, 0.2) is 0 Å². The third-order valence-electron chi connectivity index (χ3n) is 13.4. The summed E-state index contributed by atoms with van der Waals surface area (Å²) in [4.78, 5) is 0. The summed E-state index contributed by atoms with van der Waals surface area (Å²) in [5.41, 5.74) is 12.5. The van der Waals surface area contributed by atoms with Crippen LogP contribution in [0.5, 0.6) is 0 Å². The summed E-state index contributed by atoms with van der Waals surface area (Å²) < 4.78 is 0. The van der Waals surface area contributed by atoms with E-state index in [0.29, 0.717) is 0 Å². The van der Waals surface area contributed by atoms with Crippen LogP contribution < -0.4 is 0 Å². The lowest BCUT2D eigenvalue weighted by molar-refractivity contribution is 1.60. The monoisotopic (exact) mass is 782 g/mol. The Kier molecular flexibility index (Phi) is 7.71. The van der Waals surface area contributed by atoms with Crippen LogP contribution in [0.25, 0.3) is 131 Å². The average molecular weight is 783 g/mol. The van der Waals surface area contributed by atoms with Crippen molar-refractivity contribution in [3.8, 4) is 55.6 Å². The zero-order chi connectivity index (χ0) is 40.7. The molecule has 0 saturated heterocycles. The highest BCUT2D eigenvalue weighted by atomic mass is 14.3. The highest BCUT2D eigenvalue weighted by Gasteiger charge is 2.25. The fourth-order valence-corrected chi connectivity index (χ4v) is 10.8. The molecule has 0 spiro atoms. The number of rotatable bonds is 5. The van der Waals surface area contributed by atoms with E-state index in [1.165, 1.54) is 131 Å². The van der Waals surface area contributed by atoms with Gasteiger partial charge in [-0.1, -0.05) is 231 Å². The molecule has 13 rings (SSSR count). The highest BCUT2D eigenvalue weighted by molar-refractivity contribution is 6.46. The number of hydrogen-bond acceptors (Lipinski definition) is 0. The number of hydrogen-bond donors (Lipinski definition) is 0. The molecule has 0 aliphatic heterocycles. The molecule has 0 N–H and O–H groups in total. The molecule has 0 fully saturated rings. The van der Waals surface area contributed by atoms with Gasteiger partial charge in [-0.15, -0.1) is 0 Å². The lowest BCUT2D eigenvalue weighted by atomic mass is 9.79. The molecule has 0 heteroatoms. The molecule has 13 aromatic rings. The molecular formula is C62H38. The second-order valence-corrected chi connectivity index (χ2v) is 16.6. The summed E-state index contributed by atoms with van der Waals surface area (Å²) >= 11 is 0. The van der Waals surface area contributed by atoms with Crippen molar-refractivity contribution < 1.29 is 0 Å². The first-order chi connectivity index (χ1) is 30.8. The Morgan fingerprint density at radius 1 is 0.145 bits per heavy atom. The summed E-state index contributed by atoms with van der Waals surface area (Å²) in [5.74, 6) is 0. The maximum Gasteiger partial charge on any atom is -0.000740 e. The largest absolute Gasteiger partial charge is 0.0622 e. The van der Waals surface area contributed by atoms with Crippen LogP contribution in [0.4, 0.5) is 0 Å². The highest BCUT2D eigenvalue weighted by Crippen LogP contribution is 2.53. The zero-order valence-electron chi connectivity index (χ0n) is 33.9. The topological polar surface area (TPSA) is 0 Å². The SMILES string of the molecule is c1ccc(-c2ccc(-c3ccc(-c4c5ccccc5c5c6c4cccc6c4cccc6c(-c7ccccc7-c7ccccc7)c7ccccc7c5c64)c4ccccc34)cc2)cc1. The van der Waals surface area contributed by atoms with E-state index in [1.54, 1.807) is 0 Å². The fraction of sp³-hybridized carbons (Fsp3) is 0. The predicted octanol–water partition coefficient (Wildman–Crippen LogP) is 17.5. The fourth-order valence-electron chi connectivity index (χ4n) is 10.8. The van der Waals surface area contributed by atoms with E-state index in [1.807, 2.05) is 0 Å². The van der Waals surface area contributed by atoms with E-state index in [4.69, 9.17) is 0 Å². The van der Waals surface area contributed by atoms with E-state index in [2.05, 4.69) is 231 Å². The first kappa shape index (κ1) is 34.8. The van der Waals surface area contributed by atoms with Gasteiger partial charge in [0, 0.05) is 0 Å². The van der Waals surface area contributed by atoms with Crippen LogP contribution in [-0.2, 0) is 0 Å². The second kappa shape index (κ2) is 13.7. The lowest BCUT2D eigenvalue weighted by Gasteiger charge is -2.24. The van der Waals surface area contributed by atoms with Gasteiger partial charge in [0.05, 0.1) is 0 Å². The first-order valence-electron chi connectivity index (χ1n) is 21.6. The van der Waals surface area contributed by atoms with Crippen molar-refractivity contribution >= 4 is 75.4 Å². The van der Waals surface area contributed by atoms with Gasteiger partial charge in [-0.2, -0.15) is 0 Å². The normalized spacial score (nSPS) is 11.9. The predicted molar refractivity (Wildman–Crippen MR) is 267 cm³/mol. The molecule has 0 amide bonds. The molecule has 0 heterocycles. The molecule has 0 bridgehead atoms. The van der Waals surface area contributed by atoms with Crippen molar-refractivity contribution in [3.63, 3.8) is 0 Å². The Bertz CT molecular complexity index is 3880. The minimum absolute atomic E-state index is 1.22. The second-order valence-electron chi connectivity index (χ2n) is 16.6. The van der Waals surface area contributed by atoms with E-state index >= 15 is 0 Å². The molecule has 0 aliphatic rings. The smallest absolute Gasteiger partial charge is 0.000740 e. The van der Waals surface area contributed by atoms with Crippen molar-refractivity contribution in [1.29, 1.82) is 0 Å². The molecule has 286 valence electrons. The van der Waals surface area contributed by atoms with Crippen LogP contribution in [-0.4, -0.2) is 0 Å². The molecule has 0 unspecified atom stereocenters. The summed E-state index contributed by atoms with van der Waals surface area (Å²) in [6.45, 7) is 0. The van der Waals surface area contributed by atoms with Gasteiger partial charge in [0.25, 0.3) is 0 Å². The average Bonchev–Trinajstić information content (AvgIpc) is 3.35. The van der Waals surface area contributed by atoms with Gasteiger partial charge < -0.3 is 0 Å². The van der Waals surface area contributed by atoms with Crippen molar-refractivity contribution in [1.82, 2.24) is 0 Å². The lowest BCUT2D eigenvalue weighted by Crippen LogP contribution is -1.95. The molecule has 0 aliphatic carbocycles. The number of fused-ring (bicyclic) bond motifs is 7. The Balaban J connectivity index is 1.12. The van der Waals surface area contributed by atoms with Crippen LogP contribution in [0.2, 0.25) is 0 Å². The van der Waals surface area contributed by atoms with E-state index < -0.39 is 0 Å². The molecule has 0 atom stereocenters. The molecule has 0 nitrogen and oxygen atoms in total. The van der Waals surface area contributed by atoms with Crippen LogP contribution in [0.3, 0.4) is 0 Å². The summed E-state index contributed by atoms with van der Waals surface area (Å²) in [6.07, 6.45) is 0. The molecule has 0 saturated carbocycles. The standard InChI is InChI=1S/C62H38/c1-3-17-39(18-4-1)40-33-35-42(36-34-40)44-37-38-54(46-23-9-8-22-45(44)46)58-49-26-12-14-28-53(49)62-60-51(30-16-32-56(58)60)50-29-15-31-55-57(48-25-11-13-27-52(48)61(62)59(50)55)47-24-10-7-21-43(47)41-19-5-2-6-20-41/h1-38H. The summed E-state index contributed by atoms with van der Waals surface area (Å²) in [7, 11) is 0. The van der Waals surface area contributed by atoms with Crippen molar-refractivity contribution in [3.05, 3.63) is 231 Å². The Morgan fingerprint density at radius 3 is 1.06 bits per heavy atom. The molecule has 0 radical (unpaired) electrons. The minimum atomic E-state index is 1.22. The van der Waals surface area contributed by atoms with Crippen molar-refractivity contribution in [2.24, 2.45) is 0 Å². The molecule has 0 aromatic heterocycles. The van der Waals surface area contributed by atoms with E-state index in [9.17, 15) is 0 Å². The maximum atomic E-state index is 2.38. The first-order valence-corrected chi connectivity index (χ1v) is 21.6. The van der Waals surface area contributed by atoms with Crippen molar-refractivity contribution in [2.45, 2.75) is 0 Å². The van der Waals surface area contributed by atoms with Gasteiger partial charge in [0.1, 0.15) is 0 Å². The van der Waals surface area contributed by atoms with Crippen LogP contribution in [0, 0.1) is 0 Å². The third-order valence-corrected chi connectivity index (χ3v) is 13.4. The summed E-state index contributed by atoms with van der Waals surface area (Å²) in [6, 6.07) is 85.4. The third kappa shape index (κ3) is 5.08. The maximum absolute atomic E-state index is 2.38. The minimum Gasteiger partial charge on any atom is -0.0622 e. The van der Waals surface area contributed by atoms with E-state index in [0.717, 1.165) is 0 Å². The molecular weight excluding hydrogens is 745 g/mol. The Labute approximate surface area is 359 Å². The van der Waals surface area contributed by atoms with Gasteiger partial charge in [0.2, 0.25) is 0 Å². The molecule has 13 aromatic carbocycles. The quantitative estimate of drug-likeness (QED) is 0.120.